The predicted molar refractivity (Wildman–Crippen MR) is 128 cm³/mol. The van der Waals surface area contributed by atoms with Crippen molar-refractivity contribution in [3.8, 4) is 0 Å². The van der Waals surface area contributed by atoms with Crippen LogP contribution in [0.4, 0.5) is 0 Å². The van der Waals surface area contributed by atoms with Crippen LogP contribution in [0.1, 0.15) is 65.2 Å². The van der Waals surface area contributed by atoms with E-state index in [0.717, 1.165) is 19.0 Å². The molecule has 1 aliphatic carbocycles. The Morgan fingerprint density at radius 2 is 1.61 bits per heavy atom. The predicted octanol–water partition coefficient (Wildman–Crippen LogP) is 2.29. The van der Waals surface area contributed by atoms with Crippen LogP contribution in [-0.2, 0) is 10.0 Å². The van der Waals surface area contributed by atoms with Gasteiger partial charge in [0.2, 0.25) is 10.0 Å². The number of piperidine rings is 1. The highest BCUT2D eigenvalue weighted by molar-refractivity contribution is 14.0. The van der Waals surface area contributed by atoms with Gasteiger partial charge in [-0.1, -0.05) is 25.7 Å². The van der Waals surface area contributed by atoms with Crippen molar-refractivity contribution < 1.29 is 8.42 Å². The highest BCUT2D eigenvalue weighted by Gasteiger charge is 2.38. The monoisotopic (exact) mass is 529 g/mol. The molecule has 166 valence electrons. The maximum Gasteiger partial charge on any atom is 0.211 e. The molecule has 1 aliphatic heterocycles. The number of guanidine groups is 1. The highest BCUT2D eigenvalue weighted by Crippen LogP contribution is 2.35. The number of hydrogen-bond acceptors (Lipinski definition) is 4. The number of rotatable bonds is 9. The molecule has 0 aromatic rings. The van der Waals surface area contributed by atoms with Gasteiger partial charge in [-0.3, -0.25) is 9.89 Å². The van der Waals surface area contributed by atoms with Crippen LogP contribution in [0.25, 0.3) is 0 Å². The minimum absolute atomic E-state index is 0. The molecule has 0 radical (unpaired) electrons. The summed E-state index contributed by atoms with van der Waals surface area (Å²) in [6.45, 7) is 8.63. The van der Waals surface area contributed by atoms with Gasteiger partial charge >= 0.3 is 0 Å². The van der Waals surface area contributed by atoms with Crippen LogP contribution in [0.2, 0.25) is 0 Å². The Morgan fingerprint density at radius 1 is 0.964 bits per heavy atom. The number of nitrogens with zero attached hydrogens (tertiary/aromatic N) is 2. The molecule has 0 aromatic heterocycles. The lowest BCUT2D eigenvalue weighted by atomic mass is 9.79. The van der Waals surface area contributed by atoms with Gasteiger partial charge < -0.3 is 10.6 Å². The third-order valence-electron chi connectivity index (χ3n) is 5.81. The van der Waals surface area contributed by atoms with E-state index < -0.39 is 10.0 Å². The van der Waals surface area contributed by atoms with Gasteiger partial charge in [-0.15, -0.1) is 24.0 Å². The summed E-state index contributed by atoms with van der Waals surface area (Å²) in [5.41, 5.74) is 0.213. The van der Waals surface area contributed by atoms with Crippen molar-refractivity contribution in [2.45, 2.75) is 70.8 Å². The maximum absolute atomic E-state index is 11.5. The summed E-state index contributed by atoms with van der Waals surface area (Å²) in [5, 5.41) is 6.57. The molecule has 2 fully saturated rings. The lowest BCUT2D eigenvalue weighted by molar-refractivity contribution is 0.0407. The molecule has 1 saturated heterocycles. The zero-order chi connectivity index (χ0) is 19.6. The van der Waals surface area contributed by atoms with Gasteiger partial charge in [0.1, 0.15) is 0 Å². The second kappa shape index (κ2) is 13.2. The van der Waals surface area contributed by atoms with Gasteiger partial charge in [-0.25, -0.2) is 13.1 Å². The largest absolute Gasteiger partial charge is 0.357 e. The second-order valence-corrected chi connectivity index (χ2v) is 9.85. The van der Waals surface area contributed by atoms with Gasteiger partial charge in [0.05, 0.1) is 12.3 Å². The van der Waals surface area contributed by atoms with E-state index in [1.165, 1.54) is 64.5 Å². The lowest BCUT2D eigenvalue weighted by Crippen LogP contribution is -2.54. The van der Waals surface area contributed by atoms with Crippen molar-refractivity contribution in [3.05, 3.63) is 0 Å². The molecule has 1 heterocycles. The Balaban J connectivity index is 0.00000392. The second-order valence-electron chi connectivity index (χ2n) is 7.75. The standard InChI is InChI=1S/C19H39N5O2S.HI/c1-3-20-18(21-13-14-23-27(25,26)4-2)22-17-19(11-7-5-8-12-19)24-15-9-6-10-16-24;/h23H,3-17H2,1-2H3,(H2,20,21,22);1H. The number of nitrogens with one attached hydrogen (secondary N) is 3. The molecule has 0 amide bonds. The highest BCUT2D eigenvalue weighted by atomic mass is 127. The zero-order valence-electron chi connectivity index (χ0n) is 17.6. The van der Waals surface area contributed by atoms with E-state index in [1.807, 2.05) is 0 Å². The third-order valence-corrected chi connectivity index (χ3v) is 7.21. The molecule has 0 unspecified atom stereocenters. The smallest absolute Gasteiger partial charge is 0.211 e. The average Bonchev–Trinajstić information content (AvgIpc) is 2.70. The Labute approximate surface area is 189 Å². The van der Waals surface area contributed by atoms with Crippen molar-refractivity contribution in [2.75, 3.05) is 45.0 Å². The number of likely N-dealkylation sites (tertiary alicyclic amines) is 1. The van der Waals surface area contributed by atoms with E-state index in [2.05, 4.69) is 27.2 Å². The SMILES string of the molecule is CCNC(=NCC1(N2CCCCC2)CCCCC1)NCCNS(=O)(=O)CC.I. The summed E-state index contributed by atoms with van der Waals surface area (Å²) in [4.78, 5) is 7.62. The molecule has 2 aliphatic rings. The minimum atomic E-state index is -3.14. The summed E-state index contributed by atoms with van der Waals surface area (Å²) in [6.07, 6.45) is 10.4. The topological polar surface area (TPSA) is 85.8 Å². The summed E-state index contributed by atoms with van der Waals surface area (Å²) >= 11 is 0. The fraction of sp³-hybridized carbons (Fsp3) is 0.947. The van der Waals surface area contributed by atoms with Crippen LogP contribution in [0.3, 0.4) is 0 Å². The van der Waals surface area contributed by atoms with Crippen molar-refractivity contribution in [1.82, 2.24) is 20.3 Å². The number of aliphatic imine (C=N–C) groups is 1. The molecule has 0 aromatic carbocycles. The van der Waals surface area contributed by atoms with E-state index in [9.17, 15) is 8.42 Å². The number of halogens is 1. The van der Waals surface area contributed by atoms with Gasteiger partial charge in [0.15, 0.2) is 5.96 Å². The van der Waals surface area contributed by atoms with E-state index in [0.29, 0.717) is 13.1 Å². The number of sulfonamides is 1. The fourth-order valence-corrected chi connectivity index (χ4v) is 4.83. The third kappa shape index (κ3) is 8.31. The first-order valence-electron chi connectivity index (χ1n) is 10.8. The molecule has 9 heteroatoms. The Bertz CT molecular complexity index is 559. The molecule has 28 heavy (non-hydrogen) atoms. The normalized spacial score (nSPS) is 21.0. The van der Waals surface area contributed by atoms with Crippen molar-refractivity contribution in [3.63, 3.8) is 0 Å². The molecule has 7 nitrogen and oxygen atoms in total. The van der Waals surface area contributed by atoms with Crippen LogP contribution in [0.15, 0.2) is 4.99 Å². The van der Waals surface area contributed by atoms with Gasteiger partial charge in [0, 0.05) is 25.2 Å². The summed E-state index contributed by atoms with van der Waals surface area (Å²) < 4.78 is 25.6. The van der Waals surface area contributed by atoms with Crippen LogP contribution in [-0.4, -0.2) is 69.8 Å². The molecular weight excluding hydrogens is 489 g/mol. The van der Waals surface area contributed by atoms with E-state index in [1.54, 1.807) is 6.92 Å². The molecule has 1 saturated carbocycles. The first-order chi connectivity index (χ1) is 13.0. The Morgan fingerprint density at radius 3 is 2.21 bits per heavy atom. The van der Waals surface area contributed by atoms with Crippen molar-refractivity contribution >= 4 is 40.0 Å². The first-order valence-corrected chi connectivity index (χ1v) is 12.4. The fourth-order valence-electron chi connectivity index (χ4n) is 4.21. The van der Waals surface area contributed by atoms with Crippen molar-refractivity contribution in [1.29, 1.82) is 0 Å². The maximum atomic E-state index is 11.5. The molecule has 3 N–H and O–H groups in total. The zero-order valence-corrected chi connectivity index (χ0v) is 20.8. The van der Waals surface area contributed by atoms with E-state index in [-0.39, 0.29) is 35.3 Å². The number of hydrogen-bond donors (Lipinski definition) is 3. The van der Waals surface area contributed by atoms with E-state index >= 15 is 0 Å². The molecular formula is C19H40IN5O2S. The molecule has 0 atom stereocenters. The first kappa shape index (κ1) is 25.9. The average molecular weight is 530 g/mol. The molecule has 0 bridgehead atoms. The lowest BCUT2D eigenvalue weighted by Gasteiger charge is -2.47. The van der Waals surface area contributed by atoms with Crippen molar-refractivity contribution in [2.24, 2.45) is 4.99 Å². The van der Waals surface area contributed by atoms with Crippen LogP contribution in [0, 0.1) is 0 Å². The Kier molecular flexibility index (Phi) is 12.2. The minimum Gasteiger partial charge on any atom is -0.357 e. The van der Waals surface area contributed by atoms with E-state index in [4.69, 9.17) is 4.99 Å². The molecule has 0 spiro atoms. The quantitative estimate of drug-likeness (QED) is 0.185. The van der Waals surface area contributed by atoms with Gasteiger partial charge in [-0.05, 0) is 52.6 Å². The van der Waals surface area contributed by atoms with Crippen LogP contribution in [0.5, 0.6) is 0 Å². The summed E-state index contributed by atoms with van der Waals surface area (Å²) in [7, 11) is -3.14. The summed E-state index contributed by atoms with van der Waals surface area (Å²) in [6, 6.07) is 0. The summed E-state index contributed by atoms with van der Waals surface area (Å²) in [5.74, 6) is 0.898. The Hall–Kier alpha value is -0.130. The van der Waals surface area contributed by atoms with Gasteiger partial charge in [0.25, 0.3) is 0 Å². The van der Waals surface area contributed by atoms with Crippen LogP contribution >= 0.6 is 24.0 Å². The van der Waals surface area contributed by atoms with Crippen LogP contribution < -0.4 is 15.4 Å². The van der Waals surface area contributed by atoms with Gasteiger partial charge in [-0.2, -0.15) is 0 Å². The molecule has 2 rings (SSSR count).